The fourth-order valence-corrected chi connectivity index (χ4v) is 0.500. The molecule has 4 heteroatoms. The number of rotatable bonds is 3. The first-order valence-electron chi connectivity index (χ1n) is 2.91. The van der Waals surface area contributed by atoms with Crippen LogP contribution in [-0.2, 0) is 0 Å². The Kier molecular flexibility index (Phi) is 121. The average Bonchev–Trinajstić information content (AvgIpc) is 1.61. The molecule has 0 fully saturated rings. The molecule has 0 aromatic rings. The summed E-state index contributed by atoms with van der Waals surface area (Å²) in [5, 5.41) is 0. The lowest BCUT2D eigenvalue weighted by atomic mass is 10.2. The minimum absolute atomic E-state index is 0. The minimum atomic E-state index is 0. The molecule has 10 heavy (non-hydrogen) atoms. The summed E-state index contributed by atoms with van der Waals surface area (Å²) in [7, 11) is 0. The Morgan fingerprint density at radius 1 is 0.600 bits per heavy atom. The molecule has 0 aliphatic rings. The molecule has 0 atom stereocenters. The van der Waals surface area contributed by atoms with Crippen molar-refractivity contribution in [2.75, 3.05) is 0 Å². The molecule has 8 N–H and O–H groups in total. The SMILES string of the molecule is CCCCCC.O.O.O.O. The van der Waals surface area contributed by atoms with E-state index in [2.05, 4.69) is 13.8 Å². The van der Waals surface area contributed by atoms with Gasteiger partial charge in [-0.05, 0) is 0 Å². The fourth-order valence-electron chi connectivity index (χ4n) is 0.500. The van der Waals surface area contributed by atoms with Crippen molar-refractivity contribution in [3.63, 3.8) is 0 Å². The predicted octanol–water partition coefficient (Wildman–Crippen LogP) is -0.712. The lowest BCUT2D eigenvalue weighted by Gasteiger charge is -1.86. The molecule has 70 valence electrons. The maximum Gasteiger partial charge on any atom is -0.0536 e. The third-order valence-corrected chi connectivity index (χ3v) is 0.957. The van der Waals surface area contributed by atoms with Crippen molar-refractivity contribution in [1.82, 2.24) is 0 Å². The van der Waals surface area contributed by atoms with Gasteiger partial charge < -0.3 is 21.9 Å². The lowest BCUT2D eigenvalue weighted by Crippen LogP contribution is -1.66. The van der Waals surface area contributed by atoms with Gasteiger partial charge in [0.1, 0.15) is 0 Å². The highest BCUT2D eigenvalue weighted by Gasteiger charge is 1.75. The van der Waals surface area contributed by atoms with Gasteiger partial charge in [0.15, 0.2) is 0 Å². The van der Waals surface area contributed by atoms with Crippen LogP contribution in [-0.4, -0.2) is 21.9 Å². The largest absolute Gasteiger partial charge is 0.412 e. The third-order valence-electron chi connectivity index (χ3n) is 0.957. The summed E-state index contributed by atoms with van der Waals surface area (Å²) in [6.07, 6.45) is 5.54. The summed E-state index contributed by atoms with van der Waals surface area (Å²) in [5.41, 5.74) is 0. The van der Waals surface area contributed by atoms with Crippen LogP contribution in [0.4, 0.5) is 0 Å². The van der Waals surface area contributed by atoms with Crippen LogP contribution < -0.4 is 0 Å². The van der Waals surface area contributed by atoms with E-state index in [4.69, 9.17) is 0 Å². The molecule has 0 heterocycles. The van der Waals surface area contributed by atoms with Gasteiger partial charge in [0.2, 0.25) is 0 Å². The Morgan fingerprint density at radius 3 is 0.900 bits per heavy atom. The maximum absolute atomic E-state index is 2.23. The molecule has 0 aromatic heterocycles. The lowest BCUT2D eigenvalue weighted by molar-refractivity contribution is 0.702. The summed E-state index contributed by atoms with van der Waals surface area (Å²) >= 11 is 0. The van der Waals surface area contributed by atoms with Gasteiger partial charge in [-0.25, -0.2) is 0 Å². The monoisotopic (exact) mass is 158 g/mol. The van der Waals surface area contributed by atoms with E-state index in [1.165, 1.54) is 25.7 Å². The molecule has 0 spiro atoms. The van der Waals surface area contributed by atoms with E-state index in [1.807, 2.05) is 0 Å². The first-order chi connectivity index (χ1) is 2.91. The summed E-state index contributed by atoms with van der Waals surface area (Å²) in [6.45, 7) is 4.46. The molecule has 0 rings (SSSR count). The van der Waals surface area contributed by atoms with Gasteiger partial charge in [0.25, 0.3) is 0 Å². The molecule has 0 bridgehead atoms. The molecule has 0 saturated heterocycles. The quantitative estimate of drug-likeness (QED) is 0.481. The fraction of sp³-hybridized carbons (Fsp3) is 1.00. The van der Waals surface area contributed by atoms with Gasteiger partial charge in [0.05, 0.1) is 0 Å². The van der Waals surface area contributed by atoms with Crippen LogP contribution >= 0.6 is 0 Å². The third kappa shape index (κ3) is 45.5. The number of unbranched alkanes of at least 4 members (excludes halogenated alkanes) is 3. The highest BCUT2D eigenvalue weighted by molar-refractivity contribution is 4.31. The average molecular weight is 158 g/mol. The van der Waals surface area contributed by atoms with Crippen molar-refractivity contribution in [2.24, 2.45) is 0 Å². The van der Waals surface area contributed by atoms with Gasteiger partial charge >= 0.3 is 0 Å². The molecule has 4 nitrogen and oxygen atoms in total. The molecular weight excluding hydrogens is 136 g/mol. The standard InChI is InChI=1S/C6H14.4H2O/c1-3-5-6-4-2;;;;/h3-6H2,1-2H3;4*1H2. The van der Waals surface area contributed by atoms with Crippen LogP contribution in [0.2, 0.25) is 0 Å². The van der Waals surface area contributed by atoms with Crippen molar-refractivity contribution >= 4 is 0 Å². The van der Waals surface area contributed by atoms with E-state index in [0.717, 1.165) is 0 Å². The summed E-state index contributed by atoms with van der Waals surface area (Å²) < 4.78 is 0. The molecule has 0 amide bonds. The predicted molar refractivity (Wildman–Crippen MR) is 44.3 cm³/mol. The summed E-state index contributed by atoms with van der Waals surface area (Å²) in [6, 6.07) is 0. The topological polar surface area (TPSA) is 126 Å². The van der Waals surface area contributed by atoms with Crippen molar-refractivity contribution in [2.45, 2.75) is 39.5 Å². The zero-order chi connectivity index (χ0) is 4.83. The van der Waals surface area contributed by atoms with Crippen molar-refractivity contribution in [3.8, 4) is 0 Å². The Labute approximate surface area is 62.5 Å². The summed E-state index contributed by atoms with van der Waals surface area (Å²) in [4.78, 5) is 0. The first-order valence-corrected chi connectivity index (χ1v) is 2.91. The van der Waals surface area contributed by atoms with E-state index < -0.39 is 0 Å². The number of hydrogen-bond acceptors (Lipinski definition) is 0. The zero-order valence-electron chi connectivity index (χ0n) is 6.83. The molecule has 0 aliphatic carbocycles. The first kappa shape index (κ1) is 32.8. The second-order valence-corrected chi connectivity index (χ2v) is 1.71. The molecule has 0 aliphatic heterocycles. The minimum Gasteiger partial charge on any atom is -0.412 e. The van der Waals surface area contributed by atoms with Crippen LogP contribution in [0.3, 0.4) is 0 Å². The molecule has 0 radical (unpaired) electrons. The van der Waals surface area contributed by atoms with Crippen molar-refractivity contribution in [3.05, 3.63) is 0 Å². The number of hydrogen-bond donors (Lipinski definition) is 0. The Balaban J connectivity index is -0.0000000208. The molecule has 0 aromatic carbocycles. The van der Waals surface area contributed by atoms with Crippen LogP contribution in [0.1, 0.15) is 39.5 Å². The van der Waals surface area contributed by atoms with Gasteiger partial charge in [-0.2, -0.15) is 0 Å². The van der Waals surface area contributed by atoms with Gasteiger partial charge in [0, 0.05) is 0 Å². The normalized spacial score (nSPS) is 5.40. The van der Waals surface area contributed by atoms with E-state index in [9.17, 15) is 0 Å². The van der Waals surface area contributed by atoms with Gasteiger partial charge in [-0.15, -0.1) is 0 Å². The highest BCUT2D eigenvalue weighted by atomic mass is 16.0. The second-order valence-electron chi connectivity index (χ2n) is 1.71. The molecular formula is C6H22O4. The van der Waals surface area contributed by atoms with E-state index in [0.29, 0.717) is 0 Å². The maximum atomic E-state index is 2.23. The Bertz CT molecular complexity index is 21.7. The Morgan fingerprint density at radius 2 is 0.800 bits per heavy atom. The van der Waals surface area contributed by atoms with Crippen LogP contribution in [0, 0.1) is 0 Å². The Hall–Kier alpha value is -0.160. The zero-order valence-corrected chi connectivity index (χ0v) is 6.83. The van der Waals surface area contributed by atoms with Crippen molar-refractivity contribution in [1.29, 1.82) is 0 Å². The second kappa shape index (κ2) is 36.8. The van der Waals surface area contributed by atoms with Crippen LogP contribution in [0.5, 0.6) is 0 Å². The molecule has 0 unspecified atom stereocenters. The highest BCUT2D eigenvalue weighted by Crippen LogP contribution is 1.95. The molecule has 0 saturated carbocycles. The van der Waals surface area contributed by atoms with E-state index in [1.54, 1.807) is 0 Å². The van der Waals surface area contributed by atoms with Crippen LogP contribution in [0.25, 0.3) is 0 Å². The smallest absolute Gasteiger partial charge is 0.0536 e. The van der Waals surface area contributed by atoms with Gasteiger partial charge in [-0.3, -0.25) is 0 Å². The van der Waals surface area contributed by atoms with E-state index >= 15 is 0 Å². The van der Waals surface area contributed by atoms with Gasteiger partial charge in [-0.1, -0.05) is 39.5 Å². The van der Waals surface area contributed by atoms with E-state index in [-0.39, 0.29) is 21.9 Å². The van der Waals surface area contributed by atoms with Crippen LogP contribution in [0.15, 0.2) is 0 Å². The van der Waals surface area contributed by atoms with Crippen molar-refractivity contribution < 1.29 is 21.9 Å². The summed E-state index contributed by atoms with van der Waals surface area (Å²) in [5.74, 6) is 0.